The molecule has 2 aromatic heterocycles. The van der Waals surface area contributed by atoms with Crippen molar-refractivity contribution in [2.45, 2.75) is 32.2 Å². The van der Waals surface area contributed by atoms with Crippen LogP contribution in [0.3, 0.4) is 0 Å². The van der Waals surface area contributed by atoms with Crippen LogP contribution >= 0.6 is 0 Å². The number of aryl methyl sites for hydroxylation is 1. The highest BCUT2D eigenvalue weighted by Crippen LogP contribution is 2.33. The van der Waals surface area contributed by atoms with E-state index in [1.54, 1.807) is 18.3 Å². The topological polar surface area (TPSA) is 61.9 Å². The van der Waals surface area contributed by atoms with E-state index in [0.717, 1.165) is 40.6 Å². The molecule has 2 aromatic carbocycles. The van der Waals surface area contributed by atoms with Gasteiger partial charge in [0.25, 0.3) is 5.91 Å². The van der Waals surface area contributed by atoms with E-state index in [2.05, 4.69) is 15.2 Å². The van der Waals surface area contributed by atoms with Gasteiger partial charge in [0.1, 0.15) is 5.82 Å². The summed E-state index contributed by atoms with van der Waals surface area (Å²) in [7, 11) is 0. The Kier molecular flexibility index (Phi) is 4.98. The summed E-state index contributed by atoms with van der Waals surface area (Å²) in [4.78, 5) is 19.8. The van der Waals surface area contributed by atoms with Gasteiger partial charge in [0.05, 0.1) is 17.3 Å². The third-order valence-corrected chi connectivity index (χ3v) is 5.98. The molecule has 0 unspecified atom stereocenters. The van der Waals surface area contributed by atoms with E-state index in [4.69, 9.17) is 0 Å². The summed E-state index contributed by atoms with van der Waals surface area (Å²) in [5.74, 6) is -0.280. The Morgan fingerprint density at radius 1 is 1.19 bits per heavy atom. The first-order valence-electron chi connectivity index (χ1n) is 10.5. The van der Waals surface area contributed by atoms with Crippen molar-refractivity contribution in [1.82, 2.24) is 20.1 Å². The van der Waals surface area contributed by atoms with Gasteiger partial charge in [0.15, 0.2) is 5.69 Å². The Labute approximate surface area is 179 Å². The van der Waals surface area contributed by atoms with Crippen molar-refractivity contribution >= 4 is 16.8 Å². The Balaban J connectivity index is 1.38. The van der Waals surface area contributed by atoms with E-state index in [1.807, 2.05) is 48.2 Å². The number of rotatable bonds is 4. The quantitative estimate of drug-likeness (QED) is 0.513. The molecule has 5 rings (SSSR count). The molecule has 1 saturated heterocycles. The molecular formula is C25H23FN4O. The first-order valence-corrected chi connectivity index (χ1v) is 10.5. The maximum Gasteiger partial charge on any atom is 0.275 e. The first-order chi connectivity index (χ1) is 15.1. The van der Waals surface area contributed by atoms with Crippen molar-refractivity contribution in [3.8, 4) is 0 Å². The fourth-order valence-corrected chi connectivity index (χ4v) is 4.34. The van der Waals surface area contributed by atoms with Crippen LogP contribution in [0.1, 0.15) is 51.8 Å². The van der Waals surface area contributed by atoms with Gasteiger partial charge in [-0.3, -0.25) is 14.9 Å². The summed E-state index contributed by atoms with van der Waals surface area (Å²) < 4.78 is 13.9. The molecule has 0 radical (unpaired) electrons. The molecule has 1 atom stereocenters. The maximum absolute atomic E-state index is 13.9. The third-order valence-electron chi connectivity index (χ3n) is 5.98. The number of pyridine rings is 1. The Morgan fingerprint density at radius 2 is 2.06 bits per heavy atom. The molecule has 4 aromatic rings. The smallest absolute Gasteiger partial charge is 0.275 e. The molecule has 31 heavy (non-hydrogen) atoms. The average Bonchev–Trinajstić information content (AvgIpc) is 3.43. The number of likely N-dealkylation sites (tertiary alicyclic amines) is 1. The summed E-state index contributed by atoms with van der Waals surface area (Å²) in [5, 5.41) is 8.12. The number of nitrogens with zero attached hydrogens (tertiary/aromatic N) is 3. The van der Waals surface area contributed by atoms with Crippen LogP contribution in [0.2, 0.25) is 0 Å². The van der Waals surface area contributed by atoms with Gasteiger partial charge in [-0.05, 0) is 55.2 Å². The molecule has 1 aliphatic rings. The predicted molar refractivity (Wildman–Crippen MR) is 117 cm³/mol. The van der Waals surface area contributed by atoms with E-state index < -0.39 is 0 Å². The minimum Gasteiger partial charge on any atom is -0.329 e. The van der Waals surface area contributed by atoms with Crippen LogP contribution in [0.5, 0.6) is 0 Å². The number of nitrogens with one attached hydrogen (secondary N) is 1. The second-order valence-electron chi connectivity index (χ2n) is 8.14. The SMILES string of the molecule is Cc1ccc2[nH]nc(C(=O)N3CCC[C@H]3c3ccc(Cc4ccccc4F)cn3)c2c1. The number of benzene rings is 2. The normalized spacial score (nSPS) is 16.2. The first kappa shape index (κ1) is 19.4. The number of aromatic nitrogens is 3. The Hall–Kier alpha value is -3.54. The zero-order valence-electron chi connectivity index (χ0n) is 17.3. The van der Waals surface area contributed by atoms with Crippen molar-refractivity contribution in [2.24, 2.45) is 0 Å². The molecule has 5 nitrogen and oxygen atoms in total. The van der Waals surface area contributed by atoms with Gasteiger partial charge in [0, 0.05) is 24.5 Å². The van der Waals surface area contributed by atoms with Crippen LogP contribution in [0, 0.1) is 12.7 Å². The van der Waals surface area contributed by atoms with Gasteiger partial charge >= 0.3 is 0 Å². The lowest BCUT2D eigenvalue weighted by Crippen LogP contribution is -2.31. The molecule has 0 spiro atoms. The fourth-order valence-electron chi connectivity index (χ4n) is 4.34. The van der Waals surface area contributed by atoms with Gasteiger partial charge in [-0.15, -0.1) is 0 Å². The van der Waals surface area contributed by atoms with Crippen LogP contribution in [0.25, 0.3) is 10.9 Å². The van der Waals surface area contributed by atoms with Crippen molar-refractivity contribution in [3.63, 3.8) is 0 Å². The van der Waals surface area contributed by atoms with E-state index >= 15 is 0 Å². The van der Waals surface area contributed by atoms with Crippen LogP contribution in [0.15, 0.2) is 60.8 Å². The van der Waals surface area contributed by atoms with Gasteiger partial charge in [-0.1, -0.05) is 35.9 Å². The monoisotopic (exact) mass is 414 g/mol. The van der Waals surface area contributed by atoms with Crippen LogP contribution in [-0.2, 0) is 6.42 Å². The van der Waals surface area contributed by atoms with E-state index in [0.29, 0.717) is 24.2 Å². The molecule has 6 heteroatoms. The van der Waals surface area contributed by atoms with Crippen LogP contribution < -0.4 is 0 Å². The minimum atomic E-state index is -0.208. The van der Waals surface area contributed by atoms with E-state index in [9.17, 15) is 9.18 Å². The van der Waals surface area contributed by atoms with Gasteiger partial charge in [-0.25, -0.2) is 4.39 Å². The number of aromatic amines is 1. The number of H-pyrrole nitrogens is 1. The number of carbonyl (C=O) groups is 1. The zero-order chi connectivity index (χ0) is 21.4. The lowest BCUT2D eigenvalue weighted by Gasteiger charge is -2.23. The highest BCUT2D eigenvalue weighted by molar-refractivity contribution is 6.05. The summed E-state index contributed by atoms with van der Waals surface area (Å²) in [5.41, 5.74) is 4.86. The van der Waals surface area contributed by atoms with Crippen molar-refractivity contribution in [2.75, 3.05) is 6.54 Å². The van der Waals surface area contributed by atoms with Crippen LogP contribution in [-0.4, -0.2) is 32.5 Å². The van der Waals surface area contributed by atoms with E-state index in [1.165, 1.54) is 6.07 Å². The molecule has 1 aliphatic heterocycles. The molecule has 0 bridgehead atoms. The predicted octanol–water partition coefficient (Wildman–Crippen LogP) is 4.97. The average molecular weight is 414 g/mol. The molecule has 3 heterocycles. The van der Waals surface area contributed by atoms with Gasteiger partial charge in [-0.2, -0.15) is 5.10 Å². The minimum absolute atomic E-state index is 0.0726. The Bertz CT molecular complexity index is 1250. The highest BCUT2D eigenvalue weighted by atomic mass is 19.1. The van der Waals surface area contributed by atoms with Gasteiger partial charge < -0.3 is 4.90 Å². The van der Waals surface area contributed by atoms with Crippen LogP contribution in [0.4, 0.5) is 4.39 Å². The van der Waals surface area contributed by atoms with Gasteiger partial charge in [0.2, 0.25) is 0 Å². The number of hydrogen-bond donors (Lipinski definition) is 1. The summed E-state index contributed by atoms with van der Waals surface area (Å²) >= 11 is 0. The number of carbonyl (C=O) groups excluding carboxylic acids is 1. The second-order valence-corrected chi connectivity index (χ2v) is 8.14. The number of hydrogen-bond acceptors (Lipinski definition) is 3. The van der Waals surface area contributed by atoms with E-state index in [-0.39, 0.29) is 17.8 Å². The molecular weight excluding hydrogens is 391 g/mol. The Morgan fingerprint density at radius 3 is 2.87 bits per heavy atom. The van der Waals surface area contributed by atoms with Crippen molar-refractivity contribution in [1.29, 1.82) is 0 Å². The molecule has 0 saturated carbocycles. The number of amides is 1. The zero-order valence-corrected chi connectivity index (χ0v) is 17.3. The standard InChI is InChI=1S/C25H23FN4O/c1-16-8-10-21-19(13-16)24(29-28-21)25(31)30-12-4-7-23(30)22-11-9-17(15-27-22)14-18-5-2-3-6-20(18)26/h2-3,5-6,8-11,13,15,23H,4,7,12,14H2,1H3,(H,28,29)/t23-/m0/s1. The number of fused-ring (bicyclic) bond motifs is 1. The summed E-state index contributed by atoms with van der Waals surface area (Å²) in [6.07, 6.45) is 4.07. The second kappa shape index (κ2) is 7.95. The molecule has 1 fully saturated rings. The summed E-state index contributed by atoms with van der Waals surface area (Å²) in [6.45, 7) is 2.69. The van der Waals surface area contributed by atoms with Crippen molar-refractivity contribution in [3.05, 3.63) is 94.7 Å². The molecule has 1 amide bonds. The highest BCUT2D eigenvalue weighted by Gasteiger charge is 2.33. The summed E-state index contributed by atoms with van der Waals surface area (Å²) in [6, 6.07) is 16.6. The lowest BCUT2D eigenvalue weighted by atomic mass is 10.0. The third kappa shape index (κ3) is 3.69. The number of halogens is 1. The lowest BCUT2D eigenvalue weighted by molar-refractivity contribution is 0.0729. The molecule has 1 N–H and O–H groups in total. The largest absolute Gasteiger partial charge is 0.329 e. The van der Waals surface area contributed by atoms with Crippen molar-refractivity contribution < 1.29 is 9.18 Å². The fraction of sp³-hybridized carbons (Fsp3) is 0.240. The molecule has 156 valence electrons. The maximum atomic E-state index is 13.9. The molecule has 0 aliphatic carbocycles.